The van der Waals surface area contributed by atoms with Crippen LogP contribution in [0.4, 0.5) is 0 Å². The zero-order chi connectivity index (χ0) is 19.0. The van der Waals surface area contributed by atoms with Gasteiger partial charge in [-0.25, -0.2) is 0 Å². The molecular formula is C15H31N2O6Y-. The van der Waals surface area contributed by atoms with E-state index in [1.165, 1.54) is 7.05 Å². The predicted octanol–water partition coefficient (Wildman–Crippen LogP) is 2.83. The second-order valence-corrected chi connectivity index (χ2v) is 4.12. The van der Waals surface area contributed by atoms with Gasteiger partial charge in [0.15, 0.2) is 0 Å². The smallest absolute Gasteiger partial charge is 0.319 e. The number of hydrogen-bond acceptors (Lipinski definition) is 4. The molecule has 2 atom stereocenters. The fourth-order valence-electron chi connectivity index (χ4n) is 1.53. The van der Waals surface area contributed by atoms with Gasteiger partial charge in [-0.15, -0.1) is 0 Å². The molecule has 0 fully saturated rings. The number of nitrogens with zero attached hydrogens (tertiary/aromatic N) is 2. The molecule has 141 valence electrons. The molecule has 0 rings (SSSR count). The average Bonchev–Trinajstić information content (AvgIpc) is 2.51. The van der Waals surface area contributed by atoms with E-state index in [0.29, 0.717) is 12.8 Å². The second-order valence-electron chi connectivity index (χ2n) is 4.12. The fraction of sp³-hybridized carbons (Fsp3) is 0.800. The SMILES string of the molecule is CC.CC.CCC[C@@H](C(=O)O)N(C)[N-]C(CCC(=O)O)C(=O)O.[Y]. The monoisotopic (exact) mass is 424 g/mol. The van der Waals surface area contributed by atoms with E-state index < -0.39 is 30.0 Å². The number of rotatable bonds is 10. The van der Waals surface area contributed by atoms with Gasteiger partial charge in [0.25, 0.3) is 5.97 Å². The minimum Gasteiger partial charge on any atom is -0.582 e. The van der Waals surface area contributed by atoms with Crippen LogP contribution in [0.2, 0.25) is 0 Å². The minimum atomic E-state index is -1.27. The van der Waals surface area contributed by atoms with Crippen LogP contribution < -0.4 is 0 Å². The molecule has 3 N–H and O–H groups in total. The third-order valence-electron chi connectivity index (χ3n) is 2.54. The fourth-order valence-corrected chi connectivity index (χ4v) is 1.53. The van der Waals surface area contributed by atoms with Crippen molar-refractivity contribution >= 4 is 17.9 Å². The summed E-state index contributed by atoms with van der Waals surface area (Å²) in [4.78, 5) is 32.4. The summed E-state index contributed by atoms with van der Waals surface area (Å²) in [6, 6.07) is -2.16. The molecule has 0 saturated carbocycles. The van der Waals surface area contributed by atoms with Crippen LogP contribution in [0.3, 0.4) is 0 Å². The van der Waals surface area contributed by atoms with Crippen molar-refractivity contribution in [2.75, 3.05) is 7.05 Å². The average molecular weight is 424 g/mol. The topological polar surface area (TPSA) is 129 Å². The molecule has 9 heteroatoms. The number of aliphatic carboxylic acids is 3. The number of carbonyl (C=O) groups is 3. The van der Waals surface area contributed by atoms with Gasteiger partial charge in [0, 0.05) is 39.1 Å². The van der Waals surface area contributed by atoms with E-state index in [2.05, 4.69) is 5.43 Å². The summed E-state index contributed by atoms with van der Waals surface area (Å²) in [7, 11) is 1.38. The van der Waals surface area contributed by atoms with Gasteiger partial charge in [-0.2, -0.15) is 0 Å². The van der Waals surface area contributed by atoms with E-state index in [-0.39, 0.29) is 45.6 Å². The molecular weight excluding hydrogens is 393 g/mol. The molecule has 0 aliphatic heterocycles. The van der Waals surface area contributed by atoms with Gasteiger partial charge in [-0.05, 0) is 25.9 Å². The van der Waals surface area contributed by atoms with Crippen molar-refractivity contribution in [3.8, 4) is 0 Å². The molecule has 8 nitrogen and oxygen atoms in total. The summed E-state index contributed by atoms with van der Waals surface area (Å²) in [5.74, 6) is -3.48. The first kappa shape index (κ1) is 31.2. The van der Waals surface area contributed by atoms with Crippen molar-refractivity contribution in [2.45, 2.75) is 72.4 Å². The maximum atomic E-state index is 11.0. The molecule has 24 heavy (non-hydrogen) atoms. The van der Waals surface area contributed by atoms with Crippen LogP contribution in [0.25, 0.3) is 5.43 Å². The Bertz CT molecular complexity index is 342. The largest absolute Gasteiger partial charge is 0.582 e. The Balaban J connectivity index is -0.000000369. The van der Waals surface area contributed by atoms with Crippen LogP contribution in [-0.4, -0.2) is 57.4 Å². The first-order chi connectivity index (χ1) is 10.8. The van der Waals surface area contributed by atoms with Gasteiger partial charge in [0.05, 0.1) is 6.04 Å². The van der Waals surface area contributed by atoms with Gasteiger partial charge >= 0.3 is 11.9 Å². The van der Waals surface area contributed by atoms with E-state index in [1.807, 2.05) is 34.6 Å². The molecule has 0 saturated heterocycles. The summed E-state index contributed by atoms with van der Waals surface area (Å²) in [5.41, 5.74) is 3.78. The van der Waals surface area contributed by atoms with Crippen molar-refractivity contribution < 1.29 is 62.4 Å². The normalized spacial score (nSPS) is 11.6. The number of carboxylic acid groups (broad SMARTS) is 3. The Morgan fingerprint density at radius 3 is 1.71 bits per heavy atom. The van der Waals surface area contributed by atoms with Crippen LogP contribution in [0.5, 0.6) is 0 Å². The molecule has 0 aliphatic rings. The maximum Gasteiger partial charge on any atom is 0.319 e. The molecule has 0 aromatic rings. The standard InChI is InChI=1S/C11H19N2O6.2C2H6.Y/c1-3-4-8(11(18)19)13(2)12-7(10(16)17)5-6-9(14)15;2*1-2;/h7-8H,3-6H2,1-2H3,(H,14,15)(H,16,17)(H,18,19);2*1-2H3;/q-1;;;/t7?,8-;;;/m0.../s1. The summed E-state index contributed by atoms with van der Waals surface area (Å²) >= 11 is 0. The van der Waals surface area contributed by atoms with Crippen LogP contribution in [0.1, 0.15) is 60.3 Å². The Labute approximate surface area is 169 Å². The second kappa shape index (κ2) is 20.5. The third kappa shape index (κ3) is 16.3. The summed E-state index contributed by atoms with van der Waals surface area (Å²) in [5, 5.41) is 27.5. The Kier molecular flexibility index (Phi) is 26.6. The van der Waals surface area contributed by atoms with E-state index in [1.54, 1.807) is 0 Å². The third-order valence-corrected chi connectivity index (χ3v) is 2.54. The van der Waals surface area contributed by atoms with Gasteiger partial charge in [0.1, 0.15) is 0 Å². The van der Waals surface area contributed by atoms with Gasteiger partial charge in [-0.3, -0.25) is 14.4 Å². The van der Waals surface area contributed by atoms with Crippen LogP contribution >= 0.6 is 0 Å². The molecule has 0 aromatic heterocycles. The van der Waals surface area contributed by atoms with E-state index in [0.717, 1.165) is 5.01 Å². The van der Waals surface area contributed by atoms with Gasteiger partial charge < -0.3 is 25.8 Å². The minimum absolute atomic E-state index is 0. The molecule has 1 unspecified atom stereocenters. The molecule has 0 aliphatic carbocycles. The molecule has 1 radical (unpaired) electrons. The first-order valence-electron chi connectivity index (χ1n) is 7.90. The van der Waals surface area contributed by atoms with Crippen LogP contribution in [-0.2, 0) is 47.1 Å². The zero-order valence-electron chi connectivity index (χ0n) is 15.5. The molecule has 0 spiro atoms. The zero-order valence-corrected chi connectivity index (χ0v) is 18.4. The number of likely N-dealkylation sites (N-methyl/N-ethyl adjacent to an activating group) is 1. The van der Waals surface area contributed by atoms with E-state index in [4.69, 9.17) is 15.3 Å². The molecule has 0 aromatic carbocycles. The van der Waals surface area contributed by atoms with Crippen LogP contribution in [0.15, 0.2) is 0 Å². The summed E-state index contributed by atoms with van der Waals surface area (Å²) in [6.07, 6.45) is 0.442. The first-order valence-corrected chi connectivity index (χ1v) is 7.90. The Hall–Kier alpha value is -0.566. The number of hydrogen-bond donors (Lipinski definition) is 3. The van der Waals surface area contributed by atoms with Crippen molar-refractivity contribution in [2.24, 2.45) is 0 Å². The molecule has 0 heterocycles. The van der Waals surface area contributed by atoms with E-state index in [9.17, 15) is 14.4 Å². The number of carboxylic acids is 3. The van der Waals surface area contributed by atoms with Gasteiger partial charge in [0.2, 0.25) is 0 Å². The maximum absolute atomic E-state index is 11.0. The molecule has 0 amide bonds. The van der Waals surface area contributed by atoms with Crippen LogP contribution in [0, 0.1) is 0 Å². The molecule has 0 bridgehead atoms. The van der Waals surface area contributed by atoms with Crippen molar-refractivity contribution in [3.05, 3.63) is 5.43 Å². The van der Waals surface area contributed by atoms with Crippen molar-refractivity contribution in [3.63, 3.8) is 0 Å². The summed E-state index contributed by atoms with van der Waals surface area (Å²) < 4.78 is 0. The summed E-state index contributed by atoms with van der Waals surface area (Å²) in [6.45, 7) is 9.81. The van der Waals surface area contributed by atoms with Crippen molar-refractivity contribution in [1.29, 1.82) is 0 Å². The Morgan fingerprint density at radius 2 is 1.42 bits per heavy atom. The van der Waals surface area contributed by atoms with Crippen molar-refractivity contribution in [1.82, 2.24) is 5.01 Å². The quantitative estimate of drug-likeness (QED) is 0.460. The van der Waals surface area contributed by atoms with Gasteiger partial charge in [-0.1, -0.05) is 41.0 Å². The Morgan fingerprint density at radius 1 is 0.958 bits per heavy atom. The predicted molar refractivity (Wildman–Crippen MR) is 88.4 cm³/mol. The van der Waals surface area contributed by atoms with E-state index >= 15 is 0 Å².